The molecule has 0 atom stereocenters. The zero-order valence-corrected chi connectivity index (χ0v) is 15.5. The van der Waals surface area contributed by atoms with Crippen LogP contribution in [0.25, 0.3) is 10.6 Å². The Balaban J connectivity index is 1.53. The molecule has 0 bridgehead atoms. The van der Waals surface area contributed by atoms with E-state index in [2.05, 4.69) is 0 Å². The van der Waals surface area contributed by atoms with Gasteiger partial charge in [0.15, 0.2) is 0 Å². The van der Waals surface area contributed by atoms with Crippen LogP contribution in [0.15, 0.2) is 54.6 Å². The summed E-state index contributed by atoms with van der Waals surface area (Å²) in [5.41, 5.74) is 2.96. The van der Waals surface area contributed by atoms with Gasteiger partial charge >= 0.3 is 0 Å². The van der Waals surface area contributed by atoms with Crippen LogP contribution in [0, 0.1) is 0 Å². The number of hydrogen-bond donors (Lipinski definition) is 0. The Labute approximate surface area is 157 Å². The van der Waals surface area contributed by atoms with Crippen molar-refractivity contribution in [1.29, 1.82) is 0 Å². The highest BCUT2D eigenvalue weighted by Gasteiger charge is 2.25. The van der Waals surface area contributed by atoms with Gasteiger partial charge in [-0.05, 0) is 43.3 Å². The Hall–Kier alpha value is -2.66. The summed E-state index contributed by atoms with van der Waals surface area (Å²) in [7, 11) is 0. The van der Waals surface area contributed by atoms with Gasteiger partial charge in [-0.3, -0.25) is 4.79 Å². The first-order valence-corrected chi connectivity index (χ1v) is 9.62. The second-order valence-electron chi connectivity index (χ2n) is 6.19. The van der Waals surface area contributed by atoms with Gasteiger partial charge in [-0.15, -0.1) is 11.3 Å². The molecule has 1 amide bonds. The van der Waals surface area contributed by atoms with E-state index in [4.69, 9.17) is 9.72 Å². The third-order valence-electron chi connectivity index (χ3n) is 4.45. The van der Waals surface area contributed by atoms with E-state index in [1.54, 1.807) is 11.3 Å². The lowest BCUT2D eigenvalue weighted by molar-refractivity contribution is 0.0736. The van der Waals surface area contributed by atoms with E-state index in [9.17, 15) is 4.79 Å². The molecular weight excluding hydrogens is 344 g/mol. The van der Waals surface area contributed by atoms with Crippen LogP contribution in [-0.4, -0.2) is 28.9 Å². The molecule has 132 valence electrons. The third kappa shape index (κ3) is 3.35. The fourth-order valence-electron chi connectivity index (χ4n) is 3.12. The van der Waals surface area contributed by atoms with Crippen LogP contribution in [0.3, 0.4) is 0 Å². The summed E-state index contributed by atoms with van der Waals surface area (Å²) in [6, 6.07) is 17.5. The average Bonchev–Trinajstić information content (AvgIpc) is 3.12. The average molecular weight is 364 g/mol. The molecule has 26 heavy (non-hydrogen) atoms. The van der Waals surface area contributed by atoms with Crippen molar-refractivity contribution in [3.05, 3.63) is 70.7 Å². The van der Waals surface area contributed by atoms with Gasteiger partial charge in [-0.2, -0.15) is 0 Å². The maximum atomic E-state index is 12.7. The van der Waals surface area contributed by atoms with E-state index < -0.39 is 0 Å². The number of aromatic nitrogens is 1. The van der Waals surface area contributed by atoms with Crippen LogP contribution >= 0.6 is 11.3 Å². The molecule has 0 aliphatic carbocycles. The van der Waals surface area contributed by atoms with E-state index in [1.807, 2.05) is 66.4 Å². The number of nitrogens with zero attached hydrogens (tertiary/aromatic N) is 2. The van der Waals surface area contributed by atoms with Crippen molar-refractivity contribution in [2.75, 3.05) is 13.2 Å². The molecular formula is C21H20N2O2S. The summed E-state index contributed by atoms with van der Waals surface area (Å²) < 4.78 is 5.50. The molecule has 4 nitrogen and oxygen atoms in total. The molecule has 2 heterocycles. The van der Waals surface area contributed by atoms with Crippen LogP contribution < -0.4 is 4.74 Å². The number of rotatable bonds is 4. The summed E-state index contributed by atoms with van der Waals surface area (Å²) in [5.74, 6) is 0.962. The van der Waals surface area contributed by atoms with Gasteiger partial charge in [-0.1, -0.05) is 18.2 Å². The van der Waals surface area contributed by atoms with Crippen molar-refractivity contribution in [2.24, 2.45) is 0 Å². The molecule has 2 aromatic carbocycles. The molecule has 0 N–H and O–H groups in total. The minimum atomic E-state index is 0.0901. The maximum absolute atomic E-state index is 12.7. The summed E-state index contributed by atoms with van der Waals surface area (Å²) in [5, 5.41) is 1.01. The zero-order chi connectivity index (χ0) is 17.9. The van der Waals surface area contributed by atoms with Crippen molar-refractivity contribution >= 4 is 17.2 Å². The number of benzene rings is 2. The number of thiazole rings is 1. The summed E-state index contributed by atoms with van der Waals surface area (Å²) in [4.78, 5) is 20.6. The van der Waals surface area contributed by atoms with Crippen LogP contribution in [0.2, 0.25) is 0 Å². The fraction of sp³-hybridized carbons (Fsp3) is 0.238. The van der Waals surface area contributed by atoms with Crippen LogP contribution in [0.4, 0.5) is 0 Å². The molecule has 0 fully saturated rings. The molecule has 4 rings (SSSR count). The zero-order valence-electron chi connectivity index (χ0n) is 14.6. The van der Waals surface area contributed by atoms with Crippen LogP contribution in [0.5, 0.6) is 5.75 Å². The quantitative estimate of drug-likeness (QED) is 0.689. The lowest BCUT2D eigenvalue weighted by Gasteiger charge is -2.26. The van der Waals surface area contributed by atoms with E-state index in [-0.39, 0.29) is 5.91 Å². The van der Waals surface area contributed by atoms with Gasteiger partial charge in [0.05, 0.1) is 18.8 Å². The number of ether oxygens (including phenoxy) is 1. The molecule has 0 radical (unpaired) electrons. The normalized spacial score (nSPS) is 13.3. The highest BCUT2D eigenvalue weighted by atomic mass is 32.1. The molecule has 0 spiro atoms. The van der Waals surface area contributed by atoms with Gasteiger partial charge in [-0.25, -0.2) is 4.98 Å². The fourth-order valence-corrected chi connectivity index (χ4v) is 4.25. The Bertz CT molecular complexity index is 904. The maximum Gasteiger partial charge on any atom is 0.254 e. The summed E-state index contributed by atoms with van der Waals surface area (Å²) >= 11 is 1.68. The second-order valence-corrected chi connectivity index (χ2v) is 7.27. The van der Waals surface area contributed by atoms with Crippen molar-refractivity contribution < 1.29 is 9.53 Å². The minimum Gasteiger partial charge on any atom is -0.494 e. The minimum absolute atomic E-state index is 0.0901. The van der Waals surface area contributed by atoms with E-state index >= 15 is 0 Å². The van der Waals surface area contributed by atoms with Gasteiger partial charge in [0.2, 0.25) is 0 Å². The number of carbonyl (C=O) groups is 1. The Morgan fingerprint density at radius 1 is 1.15 bits per heavy atom. The predicted octanol–water partition coefficient (Wildman–Crippen LogP) is 4.41. The smallest absolute Gasteiger partial charge is 0.254 e. The molecule has 5 heteroatoms. The summed E-state index contributed by atoms with van der Waals surface area (Å²) in [6.07, 6.45) is 0.807. The number of fused-ring (bicyclic) bond motifs is 1. The van der Waals surface area contributed by atoms with Crippen molar-refractivity contribution in [3.63, 3.8) is 0 Å². The number of hydrogen-bond acceptors (Lipinski definition) is 4. The third-order valence-corrected chi connectivity index (χ3v) is 5.58. The first-order chi connectivity index (χ1) is 12.7. The molecule has 3 aromatic rings. The van der Waals surface area contributed by atoms with E-state index in [0.717, 1.165) is 34.0 Å². The van der Waals surface area contributed by atoms with E-state index in [1.165, 1.54) is 4.88 Å². The van der Waals surface area contributed by atoms with Crippen molar-refractivity contribution in [3.8, 4) is 16.3 Å². The largest absolute Gasteiger partial charge is 0.494 e. The van der Waals surface area contributed by atoms with Gasteiger partial charge in [0, 0.05) is 29.0 Å². The number of carbonyl (C=O) groups excluding carboxylic acids is 1. The predicted molar refractivity (Wildman–Crippen MR) is 104 cm³/mol. The topological polar surface area (TPSA) is 42.4 Å². The lowest BCUT2D eigenvalue weighted by Crippen LogP contribution is -2.35. The van der Waals surface area contributed by atoms with E-state index in [0.29, 0.717) is 19.7 Å². The second kappa shape index (κ2) is 7.30. The van der Waals surface area contributed by atoms with Crippen molar-refractivity contribution in [2.45, 2.75) is 19.9 Å². The lowest BCUT2D eigenvalue weighted by atomic mass is 10.1. The molecule has 0 saturated heterocycles. The highest BCUT2D eigenvalue weighted by Crippen LogP contribution is 2.32. The first-order valence-electron chi connectivity index (χ1n) is 8.80. The summed E-state index contributed by atoms with van der Waals surface area (Å²) in [6.45, 7) is 3.99. The van der Waals surface area contributed by atoms with Gasteiger partial charge in [0.25, 0.3) is 5.91 Å². The van der Waals surface area contributed by atoms with Crippen molar-refractivity contribution in [1.82, 2.24) is 9.88 Å². The van der Waals surface area contributed by atoms with Crippen LogP contribution in [-0.2, 0) is 13.0 Å². The highest BCUT2D eigenvalue weighted by molar-refractivity contribution is 7.15. The molecule has 1 aliphatic rings. The molecule has 0 unspecified atom stereocenters. The molecule has 1 aliphatic heterocycles. The number of amides is 1. The Kier molecular flexibility index (Phi) is 4.71. The standard InChI is InChI=1S/C21H20N2O2S/c1-2-25-17-10-8-15(9-11-17)20-22-18-12-13-23(14-19(18)26-20)21(24)16-6-4-3-5-7-16/h3-11H,2,12-14H2,1H3. The Morgan fingerprint density at radius 2 is 1.92 bits per heavy atom. The first kappa shape index (κ1) is 16.8. The van der Waals surface area contributed by atoms with Crippen LogP contribution in [0.1, 0.15) is 27.9 Å². The monoisotopic (exact) mass is 364 g/mol. The molecule has 0 saturated carbocycles. The molecule has 1 aromatic heterocycles. The SMILES string of the molecule is CCOc1ccc(-c2nc3c(s2)CN(C(=O)c2ccccc2)CC3)cc1. The van der Waals surface area contributed by atoms with Gasteiger partial charge in [0.1, 0.15) is 10.8 Å². The Morgan fingerprint density at radius 3 is 2.65 bits per heavy atom. The van der Waals surface area contributed by atoms with Gasteiger partial charge < -0.3 is 9.64 Å².